The fourth-order valence-corrected chi connectivity index (χ4v) is 2.72. The van der Waals surface area contributed by atoms with E-state index in [9.17, 15) is 24.5 Å². The van der Waals surface area contributed by atoms with E-state index in [4.69, 9.17) is 0 Å². The monoisotopic (exact) mass is 333 g/mol. The van der Waals surface area contributed by atoms with Gasteiger partial charge in [-0.15, -0.1) is 0 Å². The molecule has 1 aliphatic rings. The normalized spacial score (nSPS) is 13.2. The Morgan fingerprint density at radius 3 is 2.38 bits per heavy atom. The van der Waals surface area contributed by atoms with Gasteiger partial charge in [-0.05, 0) is 26.3 Å². The molecule has 0 aliphatic carbocycles. The summed E-state index contributed by atoms with van der Waals surface area (Å²) in [7, 11) is 0. The second kappa shape index (κ2) is 7.20. The van der Waals surface area contributed by atoms with Crippen LogP contribution in [0.3, 0.4) is 0 Å². The molecule has 0 radical (unpaired) electrons. The molecule has 0 saturated carbocycles. The zero-order valence-electron chi connectivity index (χ0n) is 13.7. The third-order valence-corrected chi connectivity index (χ3v) is 4.05. The van der Waals surface area contributed by atoms with Gasteiger partial charge in [0.25, 0.3) is 17.5 Å². The summed E-state index contributed by atoms with van der Waals surface area (Å²) >= 11 is 0. The number of non-ortho nitro benzene ring substituents is 1. The summed E-state index contributed by atoms with van der Waals surface area (Å²) in [6.07, 6.45) is 0.609. The fraction of sp³-hybridized carbons (Fsp3) is 0.438. The molecule has 0 atom stereocenters. The van der Waals surface area contributed by atoms with Crippen LogP contribution >= 0.6 is 0 Å². The summed E-state index contributed by atoms with van der Waals surface area (Å²) in [6.45, 7) is 5.13. The van der Waals surface area contributed by atoms with E-state index in [0.717, 1.165) is 11.0 Å². The highest BCUT2D eigenvalue weighted by Crippen LogP contribution is 2.27. The molecular formula is C16H19N3O5. The van der Waals surface area contributed by atoms with Crippen LogP contribution < -0.4 is 0 Å². The Balaban J connectivity index is 2.03. The second-order valence-electron chi connectivity index (χ2n) is 5.42. The van der Waals surface area contributed by atoms with Gasteiger partial charge >= 0.3 is 0 Å². The van der Waals surface area contributed by atoms with Crippen molar-refractivity contribution in [2.24, 2.45) is 0 Å². The van der Waals surface area contributed by atoms with E-state index in [1.807, 2.05) is 13.8 Å². The Hall–Kier alpha value is -2.77. The van der Waals surface area contributed by atoms with Crippen molar-refractivity contribution in [1.82, 2.24) is 9.80 Å². The van der Waals surface area contributed by atoms with Crippen LogP contribution in [0, 0.1) is 10.1 Å². The van der Waals surface area contributed by atoms with E-state index < -0.39 is 16.7 Å². The van der Waals surface area contributed by atoms with E-state index in [0.29, 0.717) is 19.5 Å². The minimum Gasteiger partial charge on any atom is -0.343 e. The van der Waals surface area contributed by atoms with Crippen molar-refractivity contribution < 1.29 is 19.3 Å². The summed E-state index contributed by atoms with van der Waals surface area (Å²) in [5.74, 6) is -1.04. The smallest absolute Gasteiger partial charge is 0.270 e. The minimum absolute atomic E-state index is 0.0211. The average Bonchev–Trinajstić information content (AvgIpc) is 2.80. The summed E-state index contributed by atoms with van der Waals surface area (Å²) in [4.78, 5) is 49.4. The molecule has 8 nitrogen and oxygen atoms in total. The van der Waals surface area contributed by atoms with Gasteiger partial charge in [0.05, 0.1) is 16.1 Å². The molecule has 0 N–H and O–H groups in total. The highest BCUT2D eigenvalue weighted by atomic mass is 16.6. The van der Waals surface area contributed by atoms with E-state index in [-0.39, 0.29) is 35.7 Å². The third-order valence-electron chi connectivity index (χ3n) is 4.05. The van der Waals surface area contributed by atoms with Gasteiger partial charge in [-0.2, -0.15) is 0 Å². The van der Waals surface area contributed by atoms with Crippen LogP contribution in [-0.4, -0.2) is 52.1 Å². The summed E-state index contributed by atoms with van der Waals surface area (Å²) in [5, 5.41) is 10.8. The lowest BCUT2D eigenvalue weighted by Crippen LogP contribution is -2.33. The number of benzene rings is 1. The average molecular weight is 333 g/mol. The van der Waals surface area contributed by atoms with Crippen LogP contribution in [0.1, 0.15) is 47.4 Å². The first kappa shape index (κ1) is 17.6. The molecule has 0 unspecified atom stereocenters. The van der Waals surface area contributed by atoms with Gasteiger partial charge < -0.3 is 4.90 Å². The Kier molecular flexibility index (Phi) is 5.28. The molecule has 0 bridgehead atoms. The molecule has 0 aromatic heterocycles. The number of amides is 3. The maximum absolute atomic E-state index is 12.3. The van der Waals surface area contributed by atoms with Crippen LogP contribution in [-0.2, 0) is 4.79 Å². The molecule has 1 heterocycles. The third kappa shape index (κ3) is 3.27. The number of nitrogens with zero attached hydrogens (tertiary/aromatic N) is 3. The topological polar surface area (TPSA) is 101 Å². The number of carbonyl (C=O) groups is 3. The predicted octanol–water partition coefficient (Wildman–Crippen LogP) is 1.84. The van der Waals surface area contributed by atoms with Gasteiger partial charge in [-0.25, -0.2) is 0 Å². The Labute approximate surface area is 139 Å². The number of hydrogen-bond donors (Lipinski definition) is 0. The zero-order chi connectivity index (χ0) is 17.9. The lowest BCUT2D eigenvalue weighted by molar-refractivity contribution is -0.384. The van der Waals surface area contributed by atoms with Gasteiger partial charge in [0.15, 0.2) is 0 Å². The van der Waals surface area contributed by atoms with Crippen molar-refractivity contribution >= 4 is 23.4 Å². The highest BCUT2D eigenvalue weighted by Gasteiger charge is 2.36. The van der Waals surface area contributed by atoms with Crippen molar-refractivity contribution in [3.05, 3.63) is 39.4 Å². The van der Waals surface area contributed by atoms with Gasteiger partial charge in [0.1, 0.15) is 0 Å². The molecule has 8 heteroatoms. The van der Waals surface area contributed by atoms with Gasteiger partial charge in [0.2, 0.25) is 5.91 Å². The first-order valence-electron chi connectivity index (χ1n) is 7.83. The molecule has 0 saturated heterocycles. The maximum Gasteiger partial charge on any atom is 0.270 e. The SMILES string of the molecule is CCN(CC)C(=O)CCCN1C(=O)c2ccc([N+](=O)[O-])cc2C1=O. The van der Waals surface area contributed by atoms with Crippen LogP contribution in [0.15, 0.2) is 18.2 Å². The van der Waals surface area contributed by atoms with Crippen LogP contribution in [0.25, 0.3) is 0 Å². The van der Waals surface area contributed by atoms with Crippen LogP contribution in [0.5, 0.6) is 0 Å². The van der Waals surface area contributed by atoms with Crippen molar-refractivity contribution in [2.75, 3.05) is 19.6 Å². The zero-order valence-corrected chi connectivity index (χ0v) is 13.7. The summed E-state index contributed by atoms with van der Waals surface area (Å²) in [6, 6.07) is 3.63. The predicted molar refractivity (Wildman–Crippen MR) is 85.6 cm³/mol. The number of nitro groups is 1. The number of fused-ring (bicyclic) bond motifs is 1. The van der Waals surface area contributed by atoms with Crippen LogP contribution in [0.4, 0.5) is 5.69 Å². The molecule has 24 heavy (non-hydrogen) atoms. The van der Waals surface area contributed by atoms with Gasteiger partial charge in [-0.3, -0.25) is 29.4 Å². The number of imide groups is 1. The lowest BCUT2D eigenvalue weighted by Gasteiger charge is -2.19. The molecule has 0 spiro atoms. The number of rotatable bonds is 7. The Morgan fingerprint density at radius 1 is 1.17 bits per heavy atom. The number of nitro benzene ring substituents is 1. The summed E-state index contributed by atoms with van der Waals surface area (Å²) in [5.41, 5.74) is -0.0154. The van der Waals surface area contributed by atoms with Crippen molar-refractivity contribution in [1.29, 1.82) is 0 Å². The fourth-order valence-electron chi connectivity index (χ4n) is 2.72. The first-order valence-corrected chi connectivity index (χ1v) is 7.83. The lowest BCUT2D eigenvalue weighted by atomic mass is 10.1. The number of hydrogen-bond acceptors (Lipinski definition) is 5. The molecular weight excluding hydrogens is 314 g/mol. The highest BCUT2D eigenvalue weighted by molar-refractivity contribution is 6.21. The molecule has 2 rings (SSSR count). The largest absolute Gasteiger partial charge is 0.343 e. The van der Waals surface area contributed by atoms with Crippen LogP contribution in [0.2, 0.25) is 0 Å². The molecule has 3 amide bonds. The van der Waals surface area contributed by atoms with E-state index in [1.54, 1.807) is 4.90 Å². The quantitative estimate of drug-likeness (QED) is 0.430. The Bertz CT molecular complexity index is 697. The molecule has 128 valence electrons. The second-order valence-corrected chi connectivity index (χ2v) is 5.42. The van der Waals surface area contributed by atoms with Crippen molar-refractivity contribution in [2.45, 2.75) is 26.7 Å². The molecule has 0 fully saturated rings. The first-order chi connectivity index (χ1) is 11.4. The molecule has 1 aromatic rings. The minimum atomic E-state index is -0.608. The van der Waals surface area contributed by atoms with Gasteiger partial charge in [0, 0.05) is 38.2 Å². The van der Waals surface area contributed by atoms with E-state index in [1.165, 1.54) is 12.1 Å². The van der Waals surface area contributed by atoms with Crippen molar-refractivity contribution in [3.63, 3.8) is 0 Å². The van der Waals surface area contributed by atoms with Gasteiger partial charge in [-0.1, -0.05) is 0 Å². The van der Waals surface area contributed by atoms with E-state index >= 15 is 0 Å². The van der Waals surface area contributed by atoms with E-state index in [2.05, 4.69) is 0 Å². The molecule has 1 aliphatic heterocycles. The summed E-state index contributed by atoms with van der Waals surface area (Å²) < 4.78 is 0. The number of carbonyl (C=O) groups excluding carboxylic acids is 3. The standard InChI is InChI=1S/C16H19N3O5/c1-3-17(4-2)14(20)6-5-9-18-15(21)12-8-7-11(19(23)24)10-13(12)16(18)22/h7-8,10H,3-6,9H2,1-2H3. The maximum atomic E-state index is 12.3. The molecule has 1 aromatic carbocycles. The Morgan fingerprint density at radius 2 is 1.79 bits per heavy atom. The van der Waals surface area contributed by atoms with Crippen molar-refractivity contribution in [3.8, 4) is 0 Å².